The Bertz CT molecular complexity index is 895. The van der Waals surface area contributed by atoms with Crippen molar-refractivity contribution in [3.05, 3.63) is 54.4 Å². The normalized spacial score (nSPS) is 16.4. The molecule has 2 aromatic rings. The number of hydrogen-bond acceptors (Lipinski definition) is 4. The summed E-state index contributed by atoms with van der Waals surface area (Å²) < 4.78 is 0. The first-order valence-electron chi connectivity index (χ1n) is 9.55. The summed E-state index contributed by atoms with van der Waals surface area (Å²) >= 11 is 0. The van der Waals surface area contributed by atoms with Gasteiger partial charge in [-0.05, 0) is 35.6 Å². The lowest BCUT2D eigenvalue weighted by molar-refractivity contribution is -0.119. The number of amides is 2. The third-order valence-corrected chi connectivity index (χ3v) is 5.30. The Balaban J connectivity index is 1.51. The van der Waals surface area contributed by atoms with Crippen LogP contribution in [0.2, 0.25) is 0 Å². The highest BCUT2D eigenvalue weighted by Gasteiger charge is 2.36. The molecule has 6 nitrogen and oxygen atoms in total. The van der Waals surface area contributed by atoms with Crippen molar-refractivity contribution in [3.8, 4) is 6.07 Å². The van der Waals surface area contributed by atoms with Gasteiger partial charge >= 0.3 is 0 Å². The summed E-state index contributed by atoms with van der Waals surface area (Å²) in [5.74, 6) is -0.547. The number of benzene rings is 2. The van der Waals surface area contributed by atoms with Crippen LogP contribution in [0.3, 0.4) is 0 Å². The molecule has 28 heavy (non-hydrogen) atoms. The second-order valence-electron chi connectivity index (χ2n) is 7.33. The fourth-order valence-electron chi connectivity index (χ4n) is 3.55. The molecule has 2 aromatic carbocycles. The van der Waals surface area contributed by atoms with Crippen molar-refractivity contribution in [1.29, 1.82) is 5.26 Å². The SMILES string of the molecule is N#CC1(NC(=O)[CH]Cc2ccc3ccccc3c2)CCN(CCC(N)=O)CC1. The minimum Gasteiger partial charge on any atom is -0.370 e. The van der Waals surface area contributed by atoms with Crippen LogP contribution in [-0.4, -0.2) is 41.9 Å². The fourth-order valence-corrected chi connectivity index (χ4v) is 3.55. The molecule has 0 atom stereocenters. The van der Waals surface area contributed by atoms with E-state index < -0.39 is 5.54 Å². The van der Waals surface area contributed by atoms with Gasteiger partial charge in [0.25, 0.3) is 0 Å². The maximum atomic E-state index is 12.4. The van der Waals surface area contributed by atoms with Crippen molar-refractivity contribution >= 4 is 22.6 Å². The van der Waals surface area contributed by atoms with Crippen molar-refractivity contribution in [3.63, 3.8) is 0 Å². The van der Waals surface area contributed by atoms with Crippen LogP contribution >= 0.6 is 0 Å². The number of carbonyl (C=O) groups excluding carboxylic acids is 2. The molecule has 3 N–H and O–H groups in total. The van der Waals surface area contributed by atoms with E-state index in [1.54, 1.807) is 6.42 Å². The second-order valence-corrected chi connectivity index (χ2v) is 7.33. The predicted molar refractivity (Wildman–Crippen MR) is 108 cm³/mol. The molecule has 145 valence electrons. The van der Waals surface area contributed by atoms with Crippen molar-refractivity contribution in [2.75, 3.05) is 19.6 Å². The maximum absolute atomic E-state index is 12.4. The lowest BCUT2D eigenvalue weighted by Gasteiger charge is -2.37. The quantitative estimate of drug-likeness (QED) is 0.770. The highest BCUT2D eigenvalue weighted by Crippen LogP contribution is 2.22. The first-order chi connectivity index (χ1) is 13.5. The number of fused-ring (bicyclic) bond motifs is 1. The van der Waals surface area contributed by atoms with Crippen LogP contribution < -0.4 is 11.1 Å². The number of hydrogen-bond donors (Lipinski definition) is 2. The van der Waals surface area contributed by atoms with Crippen LogP contribution in [0.1, 0.15) is 24.8 Å². The van der Waals surface area contributed by atoms with Gasteiger partial charge in [-0.1, -0.05) is 42.5 Å². The van der Waals surface area contributed by atoms with Gasteiger partial charge in [-0.25, -0.2) is 0 Å². The molecular formula is C22H25N4O2. The summed E-state index contributed by atoms with van der Waals surface area (Å²) in [7, 11) is 0. The molecule has 1 aliphatic rings. The standard InChI is InChI=1S/C22H25N4O2/c23-16-22(10-13-26(14-11-22)12-9-20(24)27)25-21(28)8-6-17-5-7-18-3-1-2-4-19(18)15-17/h1-5,7-8,15H,6,9-14H2,(H2,24,27)(H,25,28). The molecule has 0 aromatic heterocycles. The smallest absolute Gasteiger partial charge is 0.225 e. The van der Waals surface area contributed by atoms with Gasteiger partial charge in [0.15, 0.2) is 0 Å². The van der Waals surface area contributed by atoms with Crippen LogP contribution in [0.15, 0.2) is 42.5 Å². The van der Waals surface area contributed by atoms with Crippen LogP contribution in [0.25, 0.3) is 10.8 Å². The molecule has 0 saturated carbocycles. The third kappa shape index (κ3) is 5.08. The molecule has 1 heterocycles. The van der Waals surface area contributed by atoms with Crippen molar-refractivity contribution in [1.82, 2.24) is 10.2 Å². The van der Waals surface area contributed by atoms with E-state index in [0.29, 0.717) is 45.3 Å². The maximum Gasteiger partial charge on any atom is 0.225 e. The van der Waals surface area contributed by atoms with Crippen LogP contribution in [0, 0.1) is 17.8 Å². The van der Waals surface area contributed by atoms with Gasteiger partial charge in [-0.2, -0.15) is 5.26 Å². The van der Waals surface area contributed by atoms with Gasteiger partial charge in [0.1, 0.15) is 5.54 Å². The summed E-state index contributed by atoms with van der Waals surface area (Å²) in [5.41, 5.74) is 5.40. The highest BCUT2D eigenvalue weighted by atomic mass is 16.2. The lowest BCUT2D eigenvalue weighted by Crippen LogP contribution is -2.54. The number of nitrogens with one attached hydrogen (secondary N) is 1. The number of piperidine rings is 1. The van der Waals surface area contributed by atoms with E-state index in [0.717, 1.165) is 10.9 Å². The Morgan fingerprint density at radius 2 is 1.89 bits per heavy atom. The van der Waals surface area contributed by atoms with Crippen LogP contribution in [0.5, 0.6) is 0 Å². The summed E-state index contributed by atoms with van der Waals surface area (Å²) in [6.45, 7) is 1.91. The lowest BCUT2D eigenvalue weighted by atomic mass is 9.88. The molecule has 2 amide bonds. The van der Waals surface area contributed by atoms with Crippen LogP contribution in [0.4, 0.5) is 0 Å². The van der Waals surface area contributed by atoms with Gasteiger partial charge in [-0.3, -0.25) is 9.59 Å². The van der Waals surface area contributed by atoms with Gasteiger partial charge in [0.05, 0.1) is 12.5 Å². The van der Waals surface area contributed by atoms with E-state index in [4.69, 9.17) is 5.73 Å². The molecule has 0 aliphatic carbocycles. The molecule has 0 unspecified atom stereocenters. The van der Waals surface area contributed by atoms with E-state index in [1.807, 2.05) is 18.2 Å². The molecule has 1 radical (unpaired) electrons. The van der Waals surface area contributed by atoms with Gasteiger partial charge in [0.2, 0.25) is 11.8 Å². The van der Waals surface area contributed by atoms with E-state index in [9.17, 15) is 14.9 Å². The molecule has 6 heteroatoms. The summed E-state index contributed by atoms with van der Waals surface area (Å²) in [4.78, 5) is 25.4. The van der Waals surface area contributed by atoms with Gasteiger partial charge in [-0.15, -0.1) is 0 Å². The molecular weight excluding hydrogens is 352 g/mol. The zero-order valence-electron chi connectivity index (χ0n) is 15.9. The Morgan fingerprint density at radius 1 is 1.18 bits per heavy atom. The molecule has 0 bridgehead atoms. The minimum atomic E-state index is -0.847. The molecule has 0 spiro atoms. The largest absolute Gasteiger partial charge is 0.370 e. The van der Waals surface area contributed by atoms with Crippen molar-refractivity contribution < 1.29 is 9.59 Å². The number of nitrogens with two attached hydrogens (primary N) is 1. The Labute approximate surface area is 165 Å². The topological polar surface area (TPSA) is 99.2 Å². The summed E-state index contributed by atoms with van der Waals surface area (Å²) in [6, 6.07) is 16.5. The highest BCUT2D eigenvalue weighted by molar-refractivity contribution is 5.87. The fraction of sp³-hybridized carbons (Fsp3) is 0.364. The third-order valence-electron chi connectivity index (χ3n) is 5.30. The number of primary amides is 1. The number of likely N-dealkylation sites (tertiary alicyclic amines) is 1. The van der Waals surface area contributed by atoms with Gasteiger partial charge in [0, 0.05) is 26.1 Å². The van der Waals surface area contributed by atoms with E-state index in [1.165, 1.54) is 5.39 Å². The average Bonchev–Trinajstić information content (AvgIpc) is 2.71. The van der Waals surface area contributed by atoms with E-state index in [-0.39, 0.29) is 11.8 Å². The Hall–Kier alpha value is -2.91. The zero-order valence-corrected chi connectivity index (χ0v) is 15.9. The summed E-state index contributed by atoms with van der Waals surface area (Å²) in [6.07, 6.45) is 3.51. The number of carbonyl (C=O) groups is 2. The summed E-state index contributed by atoms with van der Waals surface area (Å²) in [5, 5.41) is 14.8. The van der Waals surface area contributed by atoms with E-state index >= 15 is 0 Å². The molecule has 1 aliphatic heterocycles. The zero-order chi connectivity index (χ0) is 20.0. The molecule has 1 saturated heterocycles. The van der Waals surface area contributed by atoms with Crippen LogP contribution in [-0.2, 0) is 16.0 Å². The van der Waals surface area contributed by atoms with Crippen molar-refractivity contribution in [2.24, 2.45) is 5.73 Å². The second kappa shape index (κ2) is 8.85. The van der Waals surface area contributed by atoms with Gasteiger partial charge < -0.3 is 16.0 Å². The Morgan fingerprint density at radius 3 is 2.57 bits per heavy atom. The monoisotopic (exact) mass is 377 g/mol. The first kappa shape index (κ1) is 19.8. The number of nitrogens with zero attached hydrogens (tertiary/aromatic N) is 2. The van der Waals surface area contributed by atoms with E-state index in [2.05, 4.69) is 40.6 Å². The number of rotatable bonds is 7. The molecule has 1 fully saturated rings. The van der Waals surface area contributed by atoms with Crippen molar-refractivity contribution in [2.45, 2.75) is 31.2 Å². The Kier molecular flexibility index (Phi) is 6.27. The minimum absolute atomic E-state index is 0.222. The molecule has 3 rings (SSSR count). The average molecular weight is 377 g/mol. The predicted octanol–water partition coefficient (Wildman–Crippen LogP) is 1.94. The number of nitriles is 1. The first-order valence-corrected chi connectivity index (χ1v) is 9.55.